The summed E-state index contributed by atoms with van der Waals surface area (Å²) in [4.78, 5) is 12.4. The molecule has 1 fully saturated rings. The zero-order chi connectivity index (χ0) is 11.4. The van der Waals surface area contributed by atoms with Crippen molar-refractivity contribution in [2.75, 3.05) is 13.1 Å². The van der Waals surface area contributed by atoms with Crippen molar-refractivity contribution in [1.82, 2.24) is 5.32 Å². The van der Waals surface area contributed by atoms with Gasteiger partial charge >= 0.3 is 0 Å². The van der Waals surface area contributed by atoms with Gasteiger partial charge in [0.2, 0.25) is 5.91 Å². The summed E-state index contributed by atoms with van der Waals surface area (Å²) in [6, 6.07) is 10.3. The normalized spacial score (nSPS) is 16.8. The first-order chi connectivity index (χ1) is 7.74. The van der Waals surface area contributed by atoms with Crippen LogP contribution >= 0.6 is 11.8 Å². The molecule has 0 bridgehead atoms. The van der Waals surface area contributed by atoms with Crippen molar-refractivity contribution in [2.45, 2.75) is 22.5 Å². The fraction of sp³-hybridized carbons (Fsp3) is 0.417. The monoisotopic (exact) mass is 236 g/mol. The minimum atomic E-state index is -0.0695. The highest BCUT2D eigenvalue weighted by Gasteiger charge is 2.43. The Morgan fingerprint density at radius 1 is 1.38 bits per heavy atom. The molecule has 1 aromatic carbocycles. The summed E-state index contributed by atoms with van der Waals surface area (Å²) in [5.41, 5.74) is 5.26. The van der Waals surface area contributed by atoms with Crippen LogP contribution in [0.15, 0.2) is 35.2 Å². The average molecular weight is 236 g/mol. The Morgan fingerprint density at radius 3 is 2.62 bits per heavy atom. The standard InChI is InChI=1S/C12H16N2OS/c13-8-11(15)14-9-12(6-7-12)16-10-4-2-1-3-5-10/h1-5H,6-9,13H2,(H,14,15). The second-order valence-corrected chi connectivity index (χ2v) is 5.62. The van der Waals surface area contributed by atoms with E-state index in [4.69, 9.17) is 5.73 Å². The Labute approximate surface area is 99.8 Å². The number of hydrogen-bond donors (Lipinski definition) is 2. The molecule has 0 heterocycles. The molecule has 0 aromatic heterocycles. The average Bonchev–Trinajstić information content (AvgIpc) is 3.08. The third-order valence-electron chi connectivity index (χ3n) is 2.68. The maximum Gasteiger partial charge on any atom is 0.233 e. The van der Waals surface area contributed by atoms with Gasteiger partial charge in [-0.25, -0.2) is 0 Å². The molecule has 1 aromatic rings. The number of hydrogen-bond acceptors (Lipinski definition) is 3. The lowest BCUT2D eigenvalue weighted by Gasteiger charge is -2.15. The van der Waals surface area contributed by atoms with Crippen molar-refractivity contribution in [3.8, 4) is 0 Å². The molecule has 0 saturated heterocycles. The number of benzene rings is 1. The summed E-state index contributed by atoms with van der Waals surface area (Å²) in [7, 11) is 0. The molecule has 4 heteroatoms. The summed E-state index contributed by atoms with van der Waals surface area (Å²) < 4.78 is 0.214. The Balaban J connectivity index is 1.87. The van der Waals surface area contributed by atoms with Crippen molar-refractivity contribution in [3.05, 3.63) is 30.3 Å². The molecular formula is C12H16N2OS. The highest BCUT2D eigenvalue weighted by atomic mass is 32.2. The van der Waals surface area contributed by atoms with Crippen molar-refractivity contribution in [1.29, 1.82) is 0 Å². The summed E-state index contributed by atoms with van der Waals surface area (Å²) in [6.07, 6.45) is 2.33. The van der Waals surface area contributed by atoms with Crippen LogP contribution in [0, 0.1) is 0 Å². The summed E-state index contributed by atoms with van der Waals surface area (Å²) in [5.74, 6) is -0.0695. The van der Waals surface area contributed by atoms with E-state index < -0.39 is 0 Å². The molecule has 0 aliphatic heterocycles. The van der Waals surface area contributed by atoms with Crippen LogP contribution in [0.3, 0.4) is 0 Å². The van der Waals surface area contributed by atoms with Crippen LogP contribution in [0.25, 0.3) is 0 Å². The van der Waals surface area contributed by atoms with Gasteiger partial charge in [0, 0.05) is 16.2 Å². The highest BCUT2D eigenvalue weighted by molar-refractivity contribution is 8.01. The fourth-order valence-electron chi connectivity index (χ4n) is 1.52. The number of rotatable bonds is 5. The first kappa shape index (κ1) is 11.5. The maximum atomic E-state index is 11.1. The lowest BCUT2D eigenvalue weighted by Crippen LogP contribution is -2.35. The molecule has 1 saturated carbocycles. The van der Waals surface area contributed by atoms with Gasteiger partial charge in [0.15, 0.2) is 0 Å². The van der Waals surface area contributed by atoms with Gasteiger partial charge in [-0.1, -0.05) is 18.2 Å². The third kappa shape index (κ3) is 3.00. The molecule has 1 aliphatic rings. The molecule has 86 valence electrons. The fourth-order valence-corrected chi connectivity index (χ4v) is 2.77. The Morgan fingerprint density at radius 2 is 2.06 bits per heavy atom. The van der Waals surface area contributed by atoms with Gasteiger partial charge in [-0.05, 0) is 25.0 Å². The van der Waals surface area contributed by atoms with E-state index in [9.17, 15) is 4.79 Å². The van der Waals surface area contributed by atoms with Crippen LogP contribution in [0.1, 0.15) is 12.8 Å². The zero-order valence-corrected chi connectivity index (χ0v) is 9.93. The van der Waals surface area contributed by atoms with E-state index in [1.54, 1.807) is 0 Å². The molecule has 0 radical (unpaired) electrons. The van der Waals surface area contributed by atoms with Crippen molar-refractivity contribution < 1.29 is 4.79 Å². The molecule has 3 nitrogen and oxygen atoms in total. The second kappa shape index (κ2) is 4.89. The summed E-state index contributed by atoms with van der Waals surface area (Å²) >= 11 is 1.85. The van der Waals surface area contributed by atoms with Gasteiger partial charge in [-0.2, -0.15) is 0 Å². The predicted octanol–water partition coefficient (Wildman–Crippen LogP) is 1.39. The van der Waals surface area contributed by atoms with Crippen LogP contribution in [0.2, 0.25) is 0 Å². The van der Waals surface area contributed by atoms with Crippen molar-refractivity contribution in [2.24, 2.45) is 5.73 Å². The van der Waals surface area contributed by atoms with Gasteiger partial charge in [0.1, 0.15) is 0 Å². The minimum Gasteiger partial charge on any atom is -0.354 e. The predicted molar refractivity (Wildman–Crippen MR) is 66.3 cm³/mol. The van der Waals surface area contributed by atoms with Crippen LogP contribution in [-0.4, -0.2) is 23.7 Å². The van der Waals surface area contributed by atoms with Gasteiger partial charge < -0.3 is 11.1 Å². The lowest BCUT2D eigenvalue weighted by molar-refractivity contribution is -0.119. The Kier molecular flexibility index (Phi) is 3.51. The number of thioether (sulfide) groups is 1. The van der Waals surface area contributed by atoms with E-state index in [0.29, 0.717) is 0 Å². The van der Waals surface area contributed by atoms with E-state index in [1.807, 2.05) is 30.0 Å². The molecule has 2 rings (SSSR count). The van der Waals surface area contributed by atoms with E-state index in [2.05, 4.69) is 17.4 Å². The summed E-state index contributed by atoms with van der Waals surface area (Å²) in [6.45, 7) is 0.800. The van der Waals surface area contributed by atoms with Crippen LogP contribution in [-0.2, 0) is 4.79 Å². The quantitative estimate of drug-likeness (QED) is 0.812. The maximum absolute atomic E-state index is 11.1. The van der Waals surface area contributed by atoms with Gasteiger partial charge in [0.05, 0.1) is 6.54 Å². The number of carbonyl (C=O) groups is 1. The molecule has 0 spiro atoms. The van der Waals surface area contributed by atoms with E-state index in [-0.39, 0.29) is 17.2 Å². The summed E-state index contributed by atoms with van der Waals surface area (Å²) in [5, 5.41) is 2.87. The number of nitrogens with two attached hydrogens (primary N) is 1. The van der Waals surface area contributed by atoms with Crippen LogP contribution in [0.4, 0.5) is 0 Å². The van der Waals surface area contributed by atoms with E-state index >= 15 is 0 Å². The van der Waals surface area contributed by atoms with E-state index in [1.165, 1.54) is 4.90 Å². The third-order valence-corrected chi connectivity index (χ3v) is 4.17. The van der Waals surface area contributed by atoms with Gasteiger partial charge in [-0.15, -0.1) is 11.8 Å². The lowest BCUT2D eigenvalue weighted by atomic mass is 10.4. The zero-order valence-electron chi connectivity index (χ0n) is 9.11. The Bertz CT molecular complexity index is 363. The molecule has 3 N–H and O–H groups in total. The minimum absolute atomic E-state index is 0.0695. The second-order valence-electron chi connectivity index (χ2n) is 4.08. The topological polar surface area (TPSA) is 55.1 Å². The highest BCUT2D eigenvalue weighted by Crippen LogP contribution is 2.51. The first-order valence-corrected chi connectivity index (χ1v) is 6.27. The number of amides is 1. The van der Waals surface area contributed by atoms with E-state index in [0.717, 1.165) is 19.4 Å². The number of carbonyl (C=O) groups excluding carboxylic acids is 1. The van der Waals surface area contributed by atoms with Crippen LogP contribution < -0.4 is 11.1 Å². The van der Waals surface area contributed by atoms with Crippen molar-refractivity contribution >= 4 is 17.7 Å². The van der Waals surface area contributed by atoms with Gasteiger partial charge in [0.25, 0.3) is 0 Å². The molecule has 0 unspecified atom stereocenters. The van der Waals surface area contributed by atoms with Crippen LogP contribution in [0.5, 0.6) is 0 Å². The smallest absolute Gasteiger partial charge is 0.233 e. The largest absolute Gasteiger partial charge is 0.354 e. The molecule has 16 heavy (non-hydrogen) atoms. The SMILES string of the molecule is NCC(=O)NCC1(Sc2ccccc2)CC1. The molecule has 1 aliphatic carbocycles. The van der Waals surface area contributed by atoms with Gasteiger partial charge in [-0.3, -0.25) is 4.79 Å². The molecular weight excluding hydrogens is 220 g/mol. The Hall–Kier alpha value is -1.00. The van der Waals surface area contributed by atoms with Crippen molar-refractivity contribution in [3.63, 3.8) is 0 Å². The number of nitrogens with one attached hydrogen (secondary N) is 1. The molecule has 0 atom stereocenters. The first-order valence-electron chi connectivity index (χ1n) is 5.45. The molecule has 1 amide bonds.